The summed E-state index contributed by atoms with van der Waals surface area (Å²) < 4.78 is 0. The van der Waals surface area contributed by atoms with Crippen molar-refractivity contribution in [1.82, 2.24) is 4.98 Å². The topological polar surface area (TPSA) is 70.2 Å². The van der Waals surface area contributed by atoms with Crippen molar-refractivity contribution < 1.29 is 9.90 Å². The summed E-state index contributed by atoms with van der Waals surface area (Å²) in [6.07, 6.45) is 0. The van der Waals surface area contributed by atoms with Crippen LogP contribution in [0.2, 0.25) is 0 Å². The summed E-state index contributed by atoms with van der Waals surface area (Å²) in [4.78, 5) is 25.3. The molecule has 2 rings (SSSR count). The minimum absolute atomic E-state index is 0.0792. The van der Waals surface area contributed by atoms with E-state index in [9.17, 15) is 9.59 Å². The van der Waals surface area contributed by atoms with E-state index >= 15 is 0 Å². The molecule has 2 N–H and O–H groups in total. The highest BCUT2D eigenvalue weighted by molar-refractivity contribution is 5.90. The van der Waals surface area contributed by atoms with Gasteiger partial charge in [0.05, 0.1) is 5.52 Å². The fourth-order valence-corrected chi connectivity index (χ4v) is 1.82. The molecular weight excluding hydrogens is 206 g/mol. The number of aryl methyl sites for hydroxylation is 2. The molecule has 82 valence electrons. The Morgan fingerprint density at radius 2 is 1.94 bits per heavy atom. The predicted octanol–water partition coefficient (Wildman–Crippen LogP) is 1.84. The highest BCUT2D eigenvalue weighted by Gasteiger charge is 2.09. The molecule has 0 radical (unpaired) electrons. The van der Waals surface area contributed by atoms with Gasteiger partial charge in [0.25, 0.3) is 0 Å². The van der Waals surface area contributed by atoms with Gasteiger partial charge < -0.3 is 10.1 Å². The van der Waals surface area contributed by atoms with Crippen molar-refractivity contribution in [2.75, 3.05) is 0 Å². The number of fused-ring (bicyclic) bond motifs is 1. The standard InChI is InChI=1S/C12H11NO3/c1-6-3-7(2)11-8(4-6)10(14)5-9(13-11)12(15)16/h3-5H,1-2H3,(H,13,14)(H,15,16). The molecule has 0 spiro atoms. The van der Waals surface area contributed by atoms with E-state index in [1.54, 1.807) is 6.07 Å². The van der Waals surface area contributed by atoms with E-state index in [2.05, 4.69) is 4.98 Å². The van der Waals surface area contributed by atoms with E-state index in [1.807, 2.05) is 19.9 Å². The smallest absolute Gasteiger partial charge is 0.352 e. The van der Waals surface area contributed by atoms with Gasteiger partial charge in [-0.15, -0.1) is 0 Å². The first-order valence-corrected chi connectivity index (χ1v) is 4.86. The van der Waals surface area contributed by atoms with Crippen LogP contribution < -0.4 is 5.43 Å². The molecule has 0 fully saturated rings. The second-order valence-corrected chi connectivity index (χ2v) is 3.86. The lowest BCUT2D eigenvalue weighted by atomic mass is 10.1. The van der Waals surface area contributed by atoms with Gasteiger partial charge in [0.2, 0.25) is 0 Å². The summed E-state index contributed by atoms with van der Waals surface area (Å²) in [7, 11) is 0. The maximum Gasteiger partial charge on any atom is 0.352 e. The van der Waals surface area contributed by atoms with E-state index in [0.29, 0.717) is 10.9 Å². The number of carbonyl (C=O) groups is 1. The minimum atomic E-state index is -1.13. The highest BCUT2D eigenvalue weighted by Crippen LogP contribution is 2.15. The van der Waals surface area contributed by atoms with Crippen molar-refractivity contribution in [1.29, 1.82) is 0 Å². The monoisotopic (exact) mass is 217 g/mol. The average molecular weight is 217 g/mol. The van der Waals surface area contributed by atoms with Crippen molar-refractivity contribution in [3.05, 3.63) is 45.2 Å². The number of hydrogen-bond donors (Lipinski definition) is 2. The maximum absolute atomic E-state index is 11.7. The van der Waals surface area contributed by atoms with Crippen molar-refractivity contribution >= 4 is 16.9 Å². The number of H-pyrrole nitrogens is 1. The predicted molar refractivity (Wildman–Crippen MR) is 61.0 cm³/mol. The number of carboxylic acid groups (broad SMARTS) is 1. The molecule has 0 saturated heterocycles. The number of carboxylic acids is 1. The third-order valence-electron chi connectivity index (χ3n) is 2.51. The molecule has 0 bridgehead atoms. The largest absolute Gasteiger partial charge is 0.477 e. The van der Waals surface area contributed by atoms with E-state index in [1.165, 1.54) is 0 Å². The second kappa shape index (κ2) is 3.48. The Hall–Kier alpha value is -2.10. The molecule has 0 saturated carbocycles. The van der Waals surface area contributed by atoms with Crippen LogP contribution in [0, 0.1) is 13.8 Å². The van der Waals surface area contributed by atoms with E-state index < -0.39 is 5.97 Å². The van der Waals surface area contributed by atoms with Gasteiger partial charge in [-0.2, -0.15) is 0 Å². The number of nitrogens with one attached hydrogen (secondary N) is 1. The molecule has 4 heteroatoms. The first-order chi connectivity index (χ1) is 7.49. The lowest BCUT2D eigenvalue weighted by molar-refractivity contribution is 0.0691. The Bertz CT molecular complexity index is 640. The Kier molecular flexibility index (Phi) is 2.27. The van der Waals surface area contributed by atoms with Crippen molar-refractivity contribution in [2.24, 2.45) is 0 Å². The fourth-order valence-electron chi connectivity index (χ4n) is 1.82. The van der Waals surface area contributed by atoms with Gasteiger partial charge >= 0.3 is 5.97 Å². The lowest BCUT2D eigenvalue weighted by Gasteiger charge is -2.05. The number of pyridine rings is 1. The fraction of sp³-hybridized carbons (Fsp3) is 0.167. The molecule has 4 nitrogen and oxygen atoms in total. The minimum Gasteiger partial charge on any atom is -0.477 e. The van der Waals surface area contributed by atoms with Crippen molar-refractivity contribution in [2.45, 2.75) is 13.8 Å². The Balaban J connectivity index is 2.93. The number of rotatable bonds is 1. The van der Waals surface area contributed by atoms with Crippen LogP contribution in [0.15, 0.2) is 23.0 Å². The molecule has 0 aliphatic rings. The maximum atomic E-state index is 11.7. The number of aromatic amines is 1. The van der Waals surface area contributed by atoms with Crippen LogP contribution in [0.1, 0.15) is 21.6 Å². The van der Waals surface area contributed by atoms with Gasteiger partial charge in [0, 0.05) is 11.5 Å². The van der Waals surface area contributed by atoms with E-state index in [4.69, 9.17) is 5.11 Å². The van der Waals surface area contributed by atoms with E-state index in [-0.39, 0.29) is 11.1 Å². The number of aromatic nitrogens is 1. The average Bonchev–Trinajstić information content (AvgIpc) is 2.19. The number of aromatic carboxylic acids is 1. The van der Waals surface area contributed by atoms with Crippen LogP contribution in [0.5, 0.6) is 0 Å². The Labute approximate surface area is 91.5 Å². The zero-order chi connectivity index (χ0) is 11.9. The molecule has 16 heavy (non-hydrogen) atoms. The quantitative estimate of drug-likeness (QED) is 0.765. The summed E-state index contributed by atoms with van der Waals surface area (Å²) >= 11 is 0. The Morgan fingerprint density at radius 3 is 2.56 bits per heavy atom. The third-order valence-corrected chi connectivity index (χ3v) is 2.51. The zero-order valence-electron chi connectivity index (χ0n) is 9.00. The van der Waals surface area contributed by atoms with Crippen LogP contribution in [0.3, 0.4) is 0 Å². The summed E-state index contributed by atoms with van der Waals surface area (Å²) in [6.45, 7) is 3.74. The van der Waals surface area contributed by atoms with Crippen LogP contribution in [0.25, 0.3) is 10.9 Å². The van der Waals surface area contributed by atoms with Gasteiger partial charge in [0.15, 0.2) is 5.43 Å². The second-order valence-electron chi connectivity index (χ2n) is 3.86. The summed E-state index contributed by atoms with van der Waals surface area (Å²) in [5.74, 6) is -1.13. The third kappa shape index (κ3) is 1.58. The van der Waals surface area contributed by atoms with Crippen LogP contribution in [0.4, 0.5) is 0 Å². The molecule has 0 amide bonds. The van der Waals surface area contributed by atoms with Gasteiger partial charge in [-0.05, 0) is 31.0 Å². The molecule has 1 heterocycles. The van der Waals surface area contributed by atoms with Gasteiger partial charge in [-0.1, -0.05) is 6.07 Å². The number of benzene rings is 1. The SMILES string of the molecule is Cc1cc(C)c2[nH]c(C(=O)O)cc(=O)c2c1. The highest BCUT2D eigenvalue weighted by atomic mass is 16.4. The molecule has 1 aromatic carbocycles. The molecule has 2 aromatic rings. The zero-order valence-corrected chi connectivity index (χ0v) is 9.00. The molecular formula is C12H11NO3. The van der Waals surface area contributed by atoms with Crippen molar-refractivity contribution in [3.8, 4) is 0 Å². The van der Waals surface area contributed by atoms with Gasteiger partial charge in [0.1, 0.15) is 5.69 Å². The van der Waals surface area contributed by atoms with Gasteiger partial charge in [-0.3, -0.25) is 4.79 Å². The molecule has 0 aliphatic carbocycles. The molecule has 1 aromatic heterocycles. The van der Waals surface area contributed by atoms with Crippen molar-refractivity contribution in [3.63, 3.8) is 0 Å². The summed E-state index contributed by atoms with van der Waals surface area (Å²) in [6, 6.07) is 4.78. The van der Waals surface area contributed by atoms with E-state index in [0.717, 1.165) is 17.2 Å². The number of hydrogen-bond acceptors (Lipinski definition) is 2. The normalized spacial score (nSPS) is 10.6. The first-order valence-electron chi connectivity index (χ1n) is 4.86. The molecule has 0 atom stereocenters. The van der Waals surface area contributed by atoms with Gasteiger partial charge in [-0.25, -0.2) is 4.79 Å². The van der Waals surface area contributed by atoms with Crippen LogP contribution >= 0.6 is 0 Å². The lowest BCUT2D eigenvalue weighted by Crippen LogP contribution is -2.10. The molecule has 0 aliphatic heterocycles. The summed E-state index contributed by atoms with van der Waals surface area (Å²) in [5.41, 5.74) is 2.10. The first kappa shape index (κ1) is 10.4. The van der Waals surface area contributed by atoms with Crippen LogP contribution in [-0.4, -0.2) is 16.1 Å². The summed E-state index contributed by atoms with van der Waals surface area (Å²) in [5, 5.41) is 9.37. The van der Waals surface area contributed by atoms with Crippen LogP contribution in [-0.2, 0) is 0 Å². The molecule has 0 unspecified atom stereocenters. The Morgan fingerprint density at radius 1 is 1.25 bits per heavy atom.